The van der Waals surface area contributed by atoms with E-state index in [9.17, 15) is 19.2 Å². The predicted octanol–water partition coefficient (Wildman–Crippen LogP) is 1.24. The van der Waals surface area contributed by atoms with Crippen LogP contribution in [0.25, 0.3) is 0 Å². The average molecular weight is 404 g/mol. The van der Waals surface area contributed by atoms with Gasteiger partial charge in [-0.05, 0) is 37.3 Å². The van der Waals surface area contributed by atoms with Gasteiger partial charge in [0.25, 0.3) is 5.91 Å². The van der Waals surface area contributed by atoms with Crippen molar-refractivity contribution < 1.29 is 23.9 Å². The van der Waals surface area contributed by atoms with Crippen LogP contribution >= 0.6 is 0 Å². The van der Waals surface area contributed by atoms with Gasteiger partial charge >= 0.3 is 12.0 Å². The van der Waals surface area contributed by atoms with Crippen molar-refractivity contribution in [1.29, 1.82) is 0 Å². The molecule has 4 N–H and O–H groups in total. The molecule has 9 heteroatoms. The molecule has 1 aromatic carbocycles. The van der Waals surface area contributed by atoms with Crippen LogP contribution in [0.5, 0.6) is 0 Å². The summed E-state index contributed by atoms with van der Waals surface area (Å²) in [6.45, 7) is 3.40. The Kier molecular flexibility index (Phi) is 7.99. The predicted molar refractivity (Wildman–Crippen MR) is 107 cm³/mol. The summed E-state index contributed by atoms with van der Waals surface area (Å²) in [6.07, 6.45) is 2.08. The van der Waals surface area contributed by atoms with Crippen molar-refractivity contribution in [3.05, 3.63) is 30.3 Å². The minimum Gasteiger partial charge on any atom is -0.454 e. The number of esters is 1. The van der Waals surface area contributed by atoms with E-state index in [1.54, 1.807) is 38.1 Å². The standard InChI is InChI=1S/C20H28N4O5/c1-13(2)17(23-20(28)22-14-8-4-3-5-9-14)19(27)29-12-16(25)24-11-7-6-10-15(24)18(21)26/h3-5,8-9,13,15,17H,6-7,10-12H2,1-2H3,(H2,21,26)(H2,22,23,28)/t15-,17-/m1/s1. The first-order valence-electron chi connectivity index (χ1n) is 9.67. The van der Waals surface area contributed by atoms with E-state index in [0.29, 0.717) is 18.7 Å². The molecule has 0 aromatic heterocycles. The van der Waals surface area contributed by atoms with Gasteiger partial charge in [-0.25, -0.2) is 9.59 Å². The number of primary amides is 1. The Bertz CT molecular complexity index is 738. The van der Waals surface area contributed by atoms with Gasteiger partial charge in [0.2, 0.25) is 5.91 Å². The van der Waals surface area contributed by atoms with E-state index in [-0.39, 0.29) is 5.92 Å². The molecule has 1 aliphatic rings. The topological polar surface area (TPSA) is 131 Å². The number of anilines is 1. The second-order valence-corrected chi connectivity index (χ2v) is 7.29. The maximum absolute atomic E-state index is 12.4. The molecule has 2 rings (SSSR count). The molecule has 0 bridgehead atoms. The average Bonchev–Trinajstić information content (AvgIpc) is 2.70. The molecule has 0 spiro atoms. The second-order valence-electron chi connectivity index (χ2n) is 7.29. The van der Waals surface area contributed by atoms with Crippen LogP contribution in [-0.2, 0) is 19.1 Å². The number of nitrogens with one attached hydrogen (secondary N) is 2. The van der Waals surface area contributed by atoms with Crippen LogP contribution < -0.4 is 16.4 Å². The van der Waals surface area contributed by atoms with E-state index in [1.165, 1.54) is 4.90 Å². The Morgan fingerprint density at radius 2 is 1.86 bits per heavy atom. The molecule has 29 heavy (non-hydrogen) atoms. The van der Waals surface area contributed by atoms with Crippen LogP contribution in [0.4, 0.5) is 10.5 Å². The van der Waals surface area contributed by atoms with E-state index in [2.05, 4.69) is 10.6 Å². The highest BCUT2D eigenvalue weighted by molar-refractivity contribution is 5.93. The van der Waals surface area contributed by atoms with Crippen LogP contribution in [-0.4, -0.2) is 54.0 Å². The number of hydrogen-bond donors (Lipinski definition) is 3. The monoisotopic (exact) mass is 404 g/mol. The van der Waals surface area contributed by atoms with Crippen molar-refractivity contribution in [3.63, 3.8) is 0 Å². The Hall–Kier alpha value is -3.10. The lowest BCUT2D eigenvalue weighted by Gasteiger charge is -2.33. The smallest absolute Gasteiger partial charge is 0.329 e. The molecular formula is C20H28N4O5. The van der Waals surface area contributed by atoms with Crippen LogP contribution in [0.2, 0.25) is 0 Å². The summed E-state index contributed by atoms with van der Waals surface area (Å²) < 4.78 is 5.13. The summed E-state index contributed by atoms with van der Waals surface area (Å²) in [7, 11) is 0. The number of carbonyl (C=O) groups is 4. The summed E-state index contributed by atoms with van der Waals surface area (Å²) in [4.78, 5) is 49.9. The highest BCUT2D eigenvalue weighted by atomic mass is 16.5. The zero-order chi connectivity index (χ0) is 21.4. The molecule has 9 nitrogen and oxygen atoms in total. The van der Waals surface area contributed by atoms with E-state index in [1.807, 2.05) is 6.07 Å². The Balaban J connectivity index is 1.90. The molecule has 2 atom stereocenters. The first-order valence-corrected chi connectivity index (χ1v) is 9.67. The number of carbonyl (C=O) groups excluding carboxylic acids is 4. The Labute approximate surface area is 169 Å². The number of hydrogen-bond acceptors (Lipinski definition) is 5. The summed E-state index contributed by atoms with van der Waals surface area (Å²) in [5.41, 5.74) is 5.94. The second kappa shape index (κ2) is 10.4. The molecule has 0 unspecified atom stereocenters. The van der Waals surface area contributed by atoms with Crippen LogP contribution in [0.3, 0.4) is 0 Å². The highest BCUT2D eigenvalue weighted by Gasteiger charge is 2.32. The van der Waals surface area contributed by atoms with Gasteiger partial charge in [0.15, 0.2) is 6.61 Å². The van der Waals surface area contributed by atoms with Gasteiger partial charge in [-0.15, -0.1) is 0 Å². The van der Waals surface area contributed by atoms with Gasteiger partial charge in [0, 0.05) is 12.2 Å². The van der Waals surface area contributed by atoms with E-state index in [4.69, 9.17) is 10.5 Å². The minimum absolute atomic E-state index is 0.257. The maximum Gasteiger partial charge on any atom is 0.329 e. The van der Waals surface area contributed by atoms with Crippen LogP contribution in [0, 0.1) is 5.92 Å². The van der Waals surface area contributed by atoms with Gasteiger partial charge in [-0.2, -0.15) is 0 Å². The molecule has 1 aromatic rings. The number of urea groups is 1. The molecule has 1 aliphatic heterocycles. The quantitative estimate of drug-likeness (QED) is 0.589. The fourth-order valence-electron chi connectivity index (χ4n) is 3.16. The molecule has 158 valence electrons. The number of nitrogens with zero attached hydrogens (tertiary/aromatic N) is 1. The van der Waals surface area contributed by atoms with Crippen LogP contribution in [0.1, 0.15) is 33.1 Å². The van der Waals surface area contributed by atoms with Crippen molar-refractivity contribution in [3.8, 4) is 0 Å². The van der Waals surface area contributed by atoms with Crippen molar-refractivity contribution in [2.45, 2.75) is 45.2 Å². The largest absolute Gasteiger partial charge is 0.454 e. The van der Waals surface area contributed by atoms with E-state index < -0.39 is 42.5 Å². The minimum atomic E-state index is -0.931. The Morgan fingerprint density at radius 3 is 2.48 bits per heavy atom. The van der Waals surface area contributed by atoms with Crippen LogP contribution in [0.15, 0.2) is 30.3 Å². The van der Waals surface area contributed by atoms with E-state index >= 15 is 0 Å². The summed E-state index contributed by atoms with van der Waals surface area (Å²) >= 11 is 0. The number of rotatable bonds is 7. The molecule has 0 radical (unpaired) electrons. The highest BCUT2D eigenvalue weighted by Crippen LogP contribution is 2.17. The fourth-order valence-corrected chi connectivity index (χ4v) is 3.16. The zero-order valence-electron chi connectivity index (χ0n) is 16.7. The van der Waals surface area contributed by atoms with Gasteiger partial charge in [0.05, 0.1) is 0 Å². The normalized spacial score (nSPS) is 17.3. The zero-order valence-corrected chi connectivity index (χ0v) is 16.7. The first kappa shape index (κ1) is 22.2. The lowest BCUT2D eigenvalue weighted by molar-refractivity contribution is -0.156. The van der Waals surface area contributed by atoms with Gasteiger partial charge in [-0.3, -0.25) is 9.59 Å². The molecule has 0 aliphatic carbocycles. The number of piperidine rings is 1. The molecule has 1 fully saturated rings. The molecule has 1 saturated heterocycles. The molecule has 0 saturated carbocycles. The number of likely N-dealkylation sites (tertiary alicyclic amines) is 1. The third kappa shape index (κ3) is 6.48. The number of ether oxygens (including phenoxy) is 1. The number of amides is 4. The third-order valence-corrected chi connectivity index (χ3v) is 4.73. The summed E-state index contributed by atoms with van der Waals surface area (Å²) in [5, 5.41) is 5.20. The van der Waals surface area contributed by atoms with Gasteiger partial charge < -0.3 is 26.0 Å². The molecular weight excluding hydrogens is 376 g/mol. The maximum atomic E-state index is 12.4. The third-order valence-electron chi connectivity index (χ3n) is 4.73. The summed E-state index contributed by atoms with van der Waals surface area (Å²) in [6, 6.07) is 6.64. The molecule has 4 amide bonds. The molecule has 1 heterocycles. The first-order chi connectivity index (χ1) is 13.8. The van der Waals surface area contributed by atoms with Crippen molar-refractivity contribution >= 4 is 29.5 Å². The van der Waals surface area contributed by atoms with Crippen molar-refractivity contribution in [2.24, 2.45) is 11.7 Å². The summed E-state index contributed by atoms with van der Waals surface area (Å²) in [5.74, 6) is -2.02. The lowest BCUT2D eigenvalue weighted by Crippen LogP contribution is -2.52. The van der Waals surface area contributed by atoms with Gasteiger partial charge in [-0.1, -0.05) is 32.0 Å². The Morgan fingerprint density at radius 1 is 1.17 bits per heavy atom. The fraction of sp³-hybridized carbons (Fsp3) is 0.500. The SMILES string of the molecule is CC(C)[C@@H](NC(=O)Nc1ccccc1)C(=O)OCC(=O)N1CCCC[C@@H]1C(N)=O. The van der Waals surface area contributed by atoms with Crippen molar-refractivity contribution in [2.75, 3.05) is 18.5 Å². The number of benzene rings is 1. The number of nitrogens with two attached hydrogens (primary N) is 1. The van der Waals surface area contributed by atoms with Crippen molar-refractivity contribution in [1.82, 2.24) is 10.2 Å². The van der Waals surface area contributed by atoms with Gasteiger partial charge in [0.1, 0.15) is 12.1 Å². The van der Waals surface area contributed by atoms with E-state index in [0.717, 1.165) is 12.8 Å². The lowest BCUT2D eigenvalue weighted by atomic mass is 10.0. The number of para-hydroxylation sites is 1.